The molecule has 0 radical (unpaired) electrons. The summed E-state index contributed by atoms with van der Waals surface area (Å²) in [5, 5.41) is 2.90. The second kappa shape index (κ2) is 10.9. The van der Waals surface area contributed by atoms with Crippen molar-refractivity contribution in [1.29, 1.82) is 0 Å². The number of likely N-dealkylation sites (N-methyl/N-ethyl adjacent to an activating group) is 1. The Bertz CT molecular complexity index is 860. The Morgan fingerprint density at radius 2 is 1.90 bits per heavy atom. The first-order valence-electron chi connectivity index (χ1n) is 10.0. The van der Waals surface area contributed by atoms with Gasteiger partial charge >= 0.3 is 0 Å². The third-order valence-corrected chi connectivity index (χ3v) is 4.91. The number of nitrogens with one attached hydrogen (secondary N) is 1. The van der Waals surface area contributed by atoms with Crippen LogP contribution in [0.3, 0.4) is 0 Å². The molecule has 0 spiro atoms. The molecule has 0 saturated heterocycles. The Morgan fingerprint density at radius 1 is 1.21 bits per heavy atom. The number of ether oxygens (including phenoxy) is 1. The summed E-state index contributed by atoms with van der Waals surface area (Å²) in [6, 6.07) is 11.5. The lowest BCUT2D eigenvalue weighted by molar-refractivity contribution is 0.0902. The third-order valence-electron chi connectivity index (χ3n) is 4.91. The summed E-state index contributed by atoms with van der Waals surface area (Å²) in [6.07, 6.45) is 1.38. The summed E-state index contributed by atoms with van der Waals surface area (Å²) in [4.78, 5) is 27.9. The van der Waals surface area contributed by atoms with Gasteiger partial charge < -0.3 is 19.5 Å². The number of hydrogen-bond donors (Lipinski definition) is 1. The van der Waals surface area contributed by atoms with Crippen LogP contribution in [0.5, 0.6) is 0 Å². The molecule has 0 aliphatic carbocycles. The molecule has 0 aliphatic rings. The molecule has 1 aromatic heterocycles. The van der Waals surface area contributed by atoms with Crippen molar-refractivity contribution in [1.82, 2.24) is 14.8 Å². The maximum absolute atomic E-state index is 13.0. The molecule has 1 atom stereocenters. The Balaban J connectivity index is 2.44. The maximum atomic E-state index is 13.0. The van der Waals surface area contributed by atoms with Crippen molar-refractivity contribution in [3.8, 4) is 0 Å². The molecule has 0 saturated carbocycles. The molecule has 0 unspecified atom stereocenters. The second-order valence-electron chi connectivity index (χ2n) is 7.74. The Kier molecular flexibility index (Phi) is 8.61. The van der Waals surface area contributed by atoms with Gasteiger partial charge in [0.15, 0.2) is 5.43 Å². The van der Waals surface area contributed by atoms with Gasteiger partial charge in [-0.2, -0.15) is 0 Å². The molecule has 1 aromatic carbocycles. The second-order valence-corrected chi connectivity index (χ2v) is 7.74. The number of aromatic nitrogens is 1. The minimum Gasteiger partial charge on any atom is -0.383 e. The summed E-state index contributed by atoms with van der Waals surface area (Å²) in [5.41, 5.74) is 2.87. The molecule has 2 rings (SSSR count). The first-order valence-corrected chi connectivity index (χ1v) is 10.0. The molecular weight excluding hydrogens is 366 g/mol. The lowest BCUT2D eigenvalue weighted by Crippen LogP contribution is -2.40. The van der Waals surface area contributed by atoms with E-state index in [1.807, 2.05) is 46.1 Å². The van der Waals surface area contributed by atoms with E-state index in [1.54, 1.807) is 13.2 Å². The number of pyridine rings is 1. The molecule has 2 aromatic rings. The number of nitrogens with zero attached hydrogens (tertiary/aromatic N) is 2. The highest BCUT2D eigenvalue weighted by molar-refractivity contribution is 5.95. The van der Waals surface area contributed by atoms with Gasteiger partial charge in [-0.1, -0.05) is 30.3 Å². The van der Waals surface area contributed by atoms with Crippen LogP contribution in [0.1, 0.15) is 34.2 Å². The van der Waals surface area contributed by atoms with Crippen LogP contribution < -0.4 is 10.7 Å². The number of methoxy groups -OCH3 is 1. The Labute approximate surface area is 173 Å². The smallest absolute Gasteiger partial charge is 0.257 e. The number of aryl methyl sites for hydroxylation is 2. The Morgan fingerprint density at radius 3 is 2.52 bits per heavy atom. The molecule has 6 heteroatoms. The van der Waals surface area contributed by atoms with Crippen molar-refractivity contribution in [3.63, 3.8) is 0 Å². The zero-order valence-corrected chi connectivity index (χ0v) is 18.2. The number of carbonyl (C=O) groups excluding carboxylic acids is 1. The highest BCUT2D eigenvalue weighted by Crippen LogP contribution is 2.14. The van der Waals surface area contributed by atoms with E-state index in [1.165, 1.54) is 5.56 Å². The van der Waals surface area contributed by atoms with Gasteiger partial charge in [-0.25, -0.2) is 0 Å². The van der Waals surface area contributed by atoms with Gasteiger partial charge in [0.2, 0.25) is 0 Å². The van der Waals surface area contributed by atoms with E-state index in [-0.39, 0.29) is 22.9 Å². The fourth-order valence-corrected chi connectivity index (χ4v) is 3.44. The lowest BCUT2D eigenvalue weighted by atomic mass is 10.0. The molecule has 6 nitrogen and oxygen atoms in total. The largest absolute Gasteiger partial charge is 0.383 e. The molecule has 158 valence electrons. The summed E-state index contributed by atoms with van der Waals surface area (Å²) in [5.74, 6) is -0.332. The van der Waals surface area contributed by atoms with Gasteiger partial charge in [0, 0.05) is 43.7 Å². The quantitative estimate of drug-likeness (QED) is 0.666. The standard InChI is InChI=1S/C23H33N3O3/c1-17(16-29-5)24-23(28)22-20(12-11-19-9-7-6-8-10-19)26(14-13-25(3)4)18(2)15-21(22)27/h6-10,15,17H,11-14,16H2,1-5H3,(H,24,28)/t17-/m1/s1. The summed E-state index contributed by atoms with van der Waals surface area (Å²) >= 11 is 0. The van der Waals surface area contributed by atoms with Gasteiger partial charge in [0.05, 0.1) is 6.61 Å². The molecule has 0 bridgehead atoms. The van der Waals surface area contributed by atoms with Crippen molar-refractivity contribution in [2.24, 2.45) is 0 Å². The van der Waals surface area contributed by atoms with E-state index in [4.69, 9.17) is 4.74 Å². The highest BCUT2D eigenvalue weighted by atomic mass is 16.5. The number of rotatable bonds is 10. The molecule has 0 aliphatic heterocycles. The van der Waals surface area contributed by atoms with Crippen molar-refractivity contribution in [2.45, 2.75) is 39.3 Å². The van der Waals surface area contributed by atoms with Gasteiger partial charge in [-0.15, -0.1) is 0 Å². The van der Waals surface area contributed by atoms with Crippen molar-refractivity contribution < 1.29 is 9.53 Å². The number of amides is 1. The normalized spacial score (nSPS) is 12.2. The number of carbonyl (C=O) groups is 1. The molecule has 0 fully saturated rings. The summed E-state index contributed by atoms with van der Waals surface area (Å²) in [7, 11) is 5.62. The van der Waals surface area contributed by atoms with Crippen molar-refractivity contribution in [2.75, 3.05) is 34.4 Å². The van der Waals surface area contributed by atoms with Crippen LogP contribution in [0.4, 0.5) is 0 Å². The SMILES string of the molecule is COC[C@@H](C)NC(=O)c1c(CCc2ccccc2)n(CCN(C)C)c(C)cc1=O. The van der Waals surface area contributed by atoms with E-state index in [0.29, 0.717) is 13.0 Å². The average molecular weight is 400 g/mol. The molecule has 29 heavy (non-hydrogen) atoms. The predicted molar refractivity (Wildman–Crippen MR) is 117 cm³/mol. The fraction of sp³-hybridized carbons (Fsp3) is 0.478. The summed E-state index contributed by atoms with van der Waals surface area (Å²) < 4.78 is 7.22. The maximum Gasteiger partial charge on any atom is 0.257 e. The van der Waals surface area contributed by atoms with Gasteiger partial charge in [-0.05, 0) is 46.3 Å². The van der Waals surface area contributed by atoms with E-state index in [9.17, 15) is 9.59 Å². The lowest BCUT2D eigenvalue weighted by Gasteiger charge is -2.22. The minimum absolute atomic E-state index is 0.176. The monoisotopic (exact) mass is 399 g/mol. The van der Waals surface area contributed by atoms with Crippen molar-refractivity contribution in [3.05, 3.63) is 69.1 Å². The topological polar surface area (TPSA) is 63.6 Å². The van der Waals surface area contributed by atoms with E-state index in [0.717, 1.165) is 30.9 Å². The summed E-state index contributed by atoms with van der Waals surface area (Å²) in [6.45, 7) is 5.73. The average Bonchev–Trinajstić information content (AvgIpc) is 2.66. The zero-order valence-electron chi connectivity index (χ0n) is 18.2. The number of hydrogen-bond acceptors (Lipinski definition) is 4. The van der Waals surface area contributed by atoms with Crippen LogP contribution in [0.15, 0.2) is 41.2 Å². The molecule has 1 amide bonds. The van der Waals surface area contributed by atoms with E-state index >= 15 is 0 Å². The fourth-order valence-electron chi connectivity index (χ4n) is 3.44. The first-order chi connectivity index (χ1) is 13.8. The van der Waals surface area contributed by atoms with E-state index < -0.39 is 0 Å². The van der Waals surface area contributed by atoms with Crippen LogP contribution >= 0.6 is 0 Å². The van der Waals surface area contributed by atoms with Crippen LogP contribution in [-0.4, -0.2) is 55.8 Å². The van der Waals surface area contributed by atoms with Crippen LogP contribution in [0.25, 0.3) is 0 Å². The van der Waals surface area contributed by atoms with Gasteiger partial charge in [0.25, 0.3) is 5.91 Å². The first kappa shape index (κ1) is 22.8. The number of benzene rings is 1. The minimum atomic E-state index is -0.332. The van der Waals surface area contributed by atoms with Crippen molar-refractivity contribution >= 4 is 5.91 Å². The van der Waals surface area contributed by atoms with E-state index in [2.05, 4.69) is 26.9 Å². The van der Waals surface area contributed by atoms with Gasteiger partial charge in [-0.3, -0.25) is 9.59 Å². The van der Waals surface area contributed by atoms with Crippen LogP contribution in [0, 0.1) is 6.92 Å². The third kappa shape index (κ3) is 6.54. The zero-order chi connectivity index (χ0) is 21.4. The van der Waals surface area contributed by atoms with Crippen LogP contribution in [-0.2, 0) is 24.1 Å². The molecule has 1 N–H and O–H groups in total. The van der Waals surface area contributed by atoms with Gasteiger partial charge in [0.1, 0.15) is 5.56 Å². The Hall–Kier alpha value is -2.44. The molecular formula is C23H33N3O3. The molecule has 1 heterocycles. The van der Waals surface area contributed by atoms with Crippen LogP contribution in [0.2, 0.25) is 0 Å². The highest BCUT2D eigenvalue weighted by Gasteiger charge is 2.21. The predicted octanol–water partition coefficient (Wildman–Crippen LogP) is 2.27.